The highest BCUT2D eigenvalue weighted by molar-refractivity contribution is 7.90. The van der Waals surface area contributed by atoms with E-state index in [1.165, 1.54) is 3.97 Å². The maximum absolute atomic E-state index is 13.9. The highest BCUT2D eigenvalue weighted by Crippen LogP contribution is 2.43. The van der Waals surface area contributed by atoms with E-state index in [-0.39, 0.29) is 17.1 Å². The number of ketones is 1. The van der Waals surface area contributed by atoms with Crippen molar-refractivity contribution in [2.45, 2.75) is 31.1 Å². The second kappa shape index (κ2) is 7.72. The molecule has 1 aliphatic carbocycles. The quantitative estimate of drug-likeness (QED) is 0.431. The summed E-state index contributed by atoms with van der Waals surface area (Å²) in [5.41, 5.74) is 1.92. The molecule has 1 aromatic heterocycles. The standard InChI is InChI=1S/C27H22N2O3S/c1-19-11-13-21(14-12-19)33(31,32)29-23-10-6-5-9-22(23)25-24(29)15-16-27(18-28,26(25)30)17-20-7-3-2-4-8-20/h2-14H,15-17H2,1H3/t27-/m1/s1. The van der Waals surface area contributed by atoms with Crippen LogP contribution in [0, 0.1) is 23.7 Å². The van der Waals surface area contributed by atoms with Crippen LogP contribution >= 0.6 is 0 Å². The zero-order valence-electron chi connectivity index (χ0n) is 18.2. The van der Waals surface area contributed by atoms with E-state index in [2.05, 4.69) is 6.07 Å². The van der Waals surface area contributed by atoms with Gasteiger partial charge in [-0.25, -0.2) is 12.4 Å². The van der Waals surface area contributed by atoms with Crippen LogP contribution in [0.2, 0.25) is 0 Å². The average molecular weight is 455 g/mol. The fraction of sp³-hybridized carbons (Fsp3) is 0.185. The molecule has 4 aromatic rings. The average Bonchev–Trinajstić information content (AvgIpc) is 3.17. The topological polar surface area (TPSA) is 79.9 Å². The summed E-state index contributed by atoms with van der Waals surface area (Å²) in [4.78, 5) is 14.1. The van der Waals surface area contributed by atoms with Crippen molar-refractivity contribution in [2.75, 3.05) is 0 Å². The molecule has 1 atom stereocenters. The molecule has 5 rings (SSSR count). The molecule has 0 saturated heterocycles. The molecule has 0 fully saturated rings. The third-order valence-electron chi connectivity index (χ3n) is 6.50. The van der Waals surface area contributed by atoms with E-state index in [9.17, 15) is 18.5 Å². The van der Waals surface area contributed by atoms with Gasteiger partial charge in [0.15, 0.2) is 5.78 Å². The van der Waals surface area contributed by atoms with Crippen LogP contribution in [0.1, 0.15) is 33.6 Å². The Balaban J connectivity index is 1.72. The lowest BCUT2D eigenvalue weighted by Gasteiger charge is -2.30. The number of nitriles is 1. The molecule has 6 heteroatoms. The van der Waals surface area contributed by atoms with Crippen molar-refractivity contribution in [3.05, 3.63) is 101 Å². The first-order chi connectivity index (χ1) is 15.9. The van der Waals surface area contributed by atoms with Crippen LogP contribution < -0.4 is 0 Å². The summed E-state index contributed by atoms with van der Waals surface area (Å²) in [7, 11) is -3.93. The number of aromatic nitrogens is 1. The van der Waals surface area contributed by atoms with Crippen molar-refractivity contribution in [3.8, 4) is 6.07 Å². The van der Waals surface area contributed by atoms with Crippen molar-refractivity contribution in [3.63, 3.8) is 0 Å². The minimum Gasteiger partial charge on any atom is -0.292 e. The highest BCUT2D eigenvalue weighted by atomic mass is 32.2. The van der Waals surface area contributed by atoms with Crippen molar-refractivity contribution in [1.82, 2.24) is 3.97 Å². The van der Waals surface area contributed by atoms with E-state index in [4.69, 9.17) is 0 Å². The summed E-state index contributed by atoms with van der Waals surface area (Å²) in [6.45, 7) is 1.90. The number of fused-ring (bicyclic) bond motifs is 3. The van der Waals surface area contributed by atoms with Crippen molar-refractivity contribution in [2.24, 2.45) is 5.41 Å². The van der Waals surface area contributed by atoms with Gasteiger partial charge < -0.3 is 0 Å². The zero-order chi connectivity index (χ0) is 23.2. The number of hydrogen-bond donors (Lipinski definition) is 0. The molecule has 0 radical (unpaired) electrons. The third kappa shape index (κ3) is 3.28. The van der Waals surface area contributed by atoms with Gasteiger partial charge in [0, 0.05) is 16.6 Å². The number of benzene rings is 3. The van der Waals surface area contributed by atoms with E-state index in [1.807, 2.05) is 37.3 Å². The molecule has 164 valence electrons. The number of hydrogen-bond acceptors (Lipinski definition) is 4. The molecule has 0 bridgehead atoms. The molecule has 0 unspecified atom stereocenters. The monoisotopic (exact) mass is 454 g/mol. The van der Waals surface area contributed by atoms with Gasteiger partial charge in [-0.15, -0.1) is 0 Å². The van der Waals surface area contributed by atoms with Gasteiger partial charge in [-0.1, -0.05) is 66.2 Å². The van der Waals surface area contributed by atoms with Gasteiger partial charge in [-0.3, -0.25) is 4.79 Å². The molecule has 0 saturated carbocycles. The predicted molar refractivity (Wildman–Crippen MR) is 127 cm³/mol. The Bertz CT molecular complexity index is 1530. The first kappa shape index (κ1) is 21.2. The lowest BCUT2D eigenvalue weighted by atomic mass is 9.69. The van der Waals surface area contributed by atoms with Crippen molar-refractivity contribution < 1.29 is 13.2 Å². The largest absolute Gasteiger partial charge is 0.292 e. The second-order valence-electron chi connectivity index (χ2n) is 8.61. The molecular formula is C27H22N2O3S. The van der Waals surface area contributed by atoms with E-state index in [1.54, 1.807) is 48.5 Å². The van der Waals surface area contributed by atoms with E-state index >= 15 is 0 Å². The Morgan fingerprint density at radius 1 is 0.970 bits per heavy atom. The van der Waals surface area contributed by atoms with E-state index < -0.39 is 15.4 Å². The maximum atomic E-state index is 13.9. The number of carbonyl (C=O) groups is 1. The van der Waals surface area contributed by atoms with E-state index in [0.717, 1.165) is 11.1 Å². The molecule has 0 aliphatic heterocycles. The van der Waals surface area contributed by atoms with Crippen LogP contribution in [0.15, 0.2) is 83.8 Å². The molecule has 1 heterocycles. The second-order valence-corrected chi connectivity index (χ2v) is 10.4. The van der Waals surface area contributed by atoms with Crippen LogP contribution in [0.25, 0.3) is 10.9 Å². The zero-order valence-corrected chi connectivity index (χ0v) is 19.0. The Hall–Kier alpha value is -3.69. The SMILES string of the molecule is Cc1ccc(S(=O)(=O)n2c3c(c4ccccc42)C(=O)[C@@](C#N)(Cc2ccccc2)CC3)cc1. The molecule has 1 aliphatic rings. The Morgan fingerprint density at radius 2 is 1.64 bits per heavy atom. The van der Waals surface area contributed by atoms with Gasteiger partial charge in [-0.2, -0.15) is 5.26 Å². The first-order valence-corrected chi connectivity index (χ1v) is 12.3. The number of rotatable bonds is 4. The summed E-state index contributed by atoms with van der Waals surface area (Å²) in [6.07, 6.45) is 0.887. The predicted octanol–water partition coefficient (Wildman–Crippen LogP) is 5.07. The Morgan fingerprint density at radius 3 is 2.33 bits per heavy atom. The van der Waals surface area contributed by atoms with Gasteiger partial charge in [-0.05, 0) is 49.9 Å². The van der Waals surface area contributed by atoms with Gasteiger partial charge in [0.1, 0.15) is 5.41 Å². The van der Waals surface area contributed by atoms with Gasteiger partial charge in [0.05, 0.1) is 16.5 Å². The lowest BCUT2D eigenvalue weighted by molar-refractivity contribution is 0.0835. The fourth-order valence-corrected chi connectivity index (χ4v) is 6.36. The van der Waals surface area contributed by atoms with Crippen molar-refractivity contribution >= 4 is 26.7 Å². The lowest BCUT2D eigenvalue weighted by Crippen LogP contribution is -2.37. The van der Waals surface area contributed by atoms with E-state index in [0.29, 0.717) is 35.0 Å². The van der Waals surface area contributed by atoms with Crippen LogP contribution in [-0.2, 0) is 22.9 Å². The highest BCUT2D eigenvalue weighted by Gasteiger charge is 2.46. The number of Topliss-reactive ketones (excluding diaryl/α,β-unsaturated/α-hetero) is 1. The van der Waals surface area contributed by atoms with Crippen LogP contribution in [0.4, 0.5) is 0 Å². The normalized spacial score (nSPS) is 18.1. The smallest absolute Gasteiger partial charge is 0.268 e. The van der Waals surface area contributed by atoms with Crippen LogP contribution in [0.5, 0.6) is 0 Å². The van der Waals surface area contributed by atoms with Crippen LogP contribution in [0.3, 0.4) is 0 Å². The molecule has 5 nitrogen and oxygen atoms in total. The Kier molecular flexibility index (Phi) is 4.95. The minimum atomic E-state index is -3.93. The molecule has 0 amide bonds. The Labute approximate surface area is 193 Å². The van der Waals surface area contributed by atoms with Gasteiger partial charge in [0.2, 0.25) is 0 Å². The number of aryl methyl sites for hydroxylation is 1. The van der Waals surface area contributed by atoms with Crippen LogP contribution in [-0.4, -0.2) is 18.2 Å². The first-order valence-electron chi connectivity index (χ1n) is 10.8. The summed E-state index contributed by atoms with van der Waals surface area (Å²) in [5.74, 6) is -0.302. The number of carbonyl (C=O) groups excluding carboxylic acids is 1. The van der Waals surface area contributed by atoms with Gasteiger partial charge in [0.25, 0.3) is 10.0 Å². The molecular weight excluding hydrogens is 432 g/mol. The minimum absolute atomic E-state index is 0.172. The van der Waals surface area contributed by atoms with Gasteiger partial charge >= 0.3 is 0 Å². The maximum Gasteiger partial charge on any atom is 0.268 e. The fourth-order valence-electron chi connectivity index (χ4n) is 4.78. The molecule has 33 heavy (non-hydrogen) atoms. The number of para-hydroxylation sites is 1. The van der Waals surface area contributed by atoms with Crippen molar-refractivity contribution in [1.29, 1.82) is 5.26 Å². The molecule has 3 aromatic carbocycles. The summed E-state index contributed by atoms with van der Waals surface area (Å²) < 4.78 is 28.7. The summed E-state index contributed by atoms with van der Waals surface area (Å²) in [5, 5.41) is 10.7. The molecule has 0 N–H and O–H groups in total. The summed E-state index contributed by atoms with van der Waals surface area (Å²) in [6, 6.07) is 25.5. The molecule has 0 spiro atoms. The summed E-state index contributed by atoms with van der Waals surface area (Å²) >= 11 is 0. The third-order valence-corrected chi connectivity index (χ3v) is 8.26. The number of nitrogens with zero attached hydrogens (tertiary/aromatic N) is 2.